The van der Waals surface area contributed by atoms with Crippen LogP contribution in [0.15, 0.2) is 0 Å². The maximum atomic E-state index is 8.87. The van der Waals surface area contributed by atoms with Gasteiger partial charge in [-0.15, -0.1) is 10.1 Å². The molecule has 0 amide bonds. The Kier molecular flexibility index (Phi) is 2.18. The first kappa shape index (κ1) is 6.53. The second-order valence-electron chi connectivity index (χ2n) is 1.35. The first-order valence-corrected chi connectivity index (χ1v) is 5.72. The normalized spacial score (nSPS) is 11.3. The lowest BCUT2D eigenvalue weighted by atomic mass is 11.9. The summed E-state index contributed by atoms with van der Waals surface area (Å²) in [5.74, 6) is 0. The standard InChI is InChI=1S/C3H10OS2/c1-5-6(2,3)4/h4H,1-3H3. The molecule has 0 atom stereocenters. The fourth-order valence-corrected chi connectivity index (χ4v) is 0. The Hall–Kier alpha value is 0.530. The molecule has 0 bridgehead atoms. The summed E-state index contributed by atoms with van der Waals surface area (Å²) in [5, 5.41) is 0. The van der Waals surface area contributed by atoms with Crippen LogP contribution in [-0.2, 0) is 0 Å². The maximum absolute atomic E-state index is 8.87. The molecule has 0 saturated carbocycles. The molecular formula is C3H10OS2. The first-order chi connectivity index (χ1) is 2.56. The third-order valence-electron chi connectivity index (χ3n) is 0.408. The smallest absolute Gasteiger partial charge is 0.00570 e. The molecule has 0 aliphatic heterocycles. The van der Waals surface area contributed by atoms with Crippen molar-refractivity contribution in [1.82, 2.24) is 0 Å². The molecule has 0 aromatic rings. The molecule has 0 heterocycles. The molecule has 1 N–H and O–H groups in total. The molecule has 1 nitrogen and oxygen atoms in total. The van der Waals surface area contributed by atoms with Crippen LogP contribution in [0, 0.1) is 0 Å². The minimum Gasteiger partial charge on any atom is -0.340 e. The first-order valence-electron chi connectivity index (χ1n) is 1.57. The summed E-state index contributed by atoms with van der Waals surface area (Å²) in [6.45, 7) is 0. The molecule has 3 heteroatoms. The number of hydrogen-bond acceptors (Lipinski definition) is 1. The van der Waals surface area contributed by atoms with Gasteiger partial charge < -0.3 is 4.55 Å². The zero-order valence-corrected chi connectivity index (χ0v) is 5.90. The summed E-state index contributed by atoms with van der Waals surface area (Å²) in [7, 11) is 0.275. The van der Waals surface area contributed by atoms with Crippen LogP contribution < -0.4 is 0 Å². The van der Waals surface area contributed by atoms with E-state index in [1.165, 1.54) is 10.1 Å². The highest BCUT2D eigenvalue weighted by atomic mass is 32.7. The average molecular weight is 126 g/mol. The van der Waals surface area contributed by atoms with Gasteiger partial charge in [-0.25, -0.2) is 0 Å². The van der Waals surface area contributed by atoms with Crippen LogP contribution >= 0.6 is 18.7 Å². The van der Waals surface area contributed by atoms with Gasteiger partial charge in [0.25, 0.3) is 0 Å². The molecule has 0 aliphatic carbocycles. The van der Waals surface area contributed by atoms with Crippen molar-refractivity contribution in [2.45, 2.75) is 0 Å². The molecule has 6 heavy (non-hydrogen) atoms. The van der Waals surface area contributed by atoms with Crippen LogP contribution in [0.2, 0.25) is 0 Å². The van der Waals surface area contributed by atoms with E-state index in [4.69, 9.17) is 4.55 Å². The SMILES string of the molecule is CS#S(C)(C)O. The summed E-state index contributed by atoms with van der Waals surface area (Å²) < 4.78 is 8.87. The van der Waals surface area contributed by atoms with Gasteiger partial charge in [0.1, 0.15) is 0 Å². The highest BCUT2D eigenvalue weighted by Gasteiger charge is 1.77. The van der Waals surface area contributed by atoms with E-state index < -0.39 is 8.65 Å². The third-order valence-corrected chi connectivity index (χ3v) is 3.67. The molecule has 40 valence electrons. The van der Waals surface area contributed by atoms with E-state index in [0.29, 0.717) is 0 Å². The fraction of sp³-hybridized carbons (Fsp3) is 1.00. The lowest BCUT2D eigenvalue weighted by Crippen LogP contribution is -1.66. The molecule has 0 aliphatic rings. The highest BCUT2D eigenvalue weighted by molar-refractivity contribution is 8.51. The molecule has 0 aromatic carbocycles. The Morgan fingerprint density at radius 2 is 1.67 bits per heavy atom. The molecule has 0 aromatic heterocycles. The molecule has 0 radical (unpaired) electrons. The molecule has 0 saturated heterocycles. The third kappa shape index (κ3) is 4.53. The number of hydrogen-bond donors (Lipinski definition) is 1. The molecule has 0 fully saturated rings. The van der Waals surface area contributed by atoms with Crippen molar-refractivity contribution in [3.05, 3.63) is 0 Å². The fourth-order valence-electron chi connectivity index (χ4n) is 0. The van der Waals surface area contributed by atoms with E-state index in [1.807, 2.05) is 18.8 Å². The molecule has 0 rings (SSSR count). The van der Waals surface area contributed by atoms with Gasteiger partial charge in [0, 0.05) is 6.26 Å². The summed E-state index contributed by atoms with van der Waals surface area (Å²) in [6.07, 6.45) is 5.60. The van der Waals surface area contributed by atoms with Crippen molar-refractivity contribution in [2.75, 3.05) is 18.8 Å². The topological polar surface area (TPSA) is 20.2 Å². The summed E-state index contributed by atoms with van der Waals surface area (Å²) in [5.41, 5.74) is 0. The predicted octanol–water partition coefficient (Wildman–Crippen LogP) is 1.80. The van der Waals surface area contributed by atoms with Crippen LogP contribution in [0.3, 0.4) is 0 Å². The zero-order chi connectivity index (χ0) is 5.21. The Balaban J connectivity index is 4.07. The lowest BCUT2D eigenvalue weighted by molar-refractivity contribution is 0.656. The van der Waals surface area contributed by atoms with Crippen molar-refractivity contribution >= 4 is 18.7 Å². The Morgan fingerprint density at radius 3 is 1.67 bits per heavy atom. The second-order valence-corrected chi connectivity index (χ2v) is 7.49. The monoisotopic (exact) mass is 126 g/mol. The average Bonchev–Trinajstić information content (AvgIpc) is 1.35. The minimum atomic E-state index is -1.25. The van der Waals surface area contributed by atoms with E-state index in [9.17, 15) is 0 Å². The van der Waals surface area contributed by atoms with E-state index in [-0.39, 0.29) is 0 Å². The van der Waals surface area contributed by atoms with E-state index in [2.05, 4.69) is 0 Å². The lowest BCUT2D eigenvalue weighted by Gasteiger charge is -1.97. The predicted molar refractivity (Wildman–Crippen MR) is 35.6 cm³/mol. The van der Waals surface area contributed by atoms with Crippen LogP contribution in [-0.4, -0.2) is 23.3 Å². The zero-order valence-electron chi connectivity index (χ0n) is 4.26. The van der Waals surface area contributed by atoms with Crippen LogP contribution in [0.25, 0.3) is 0 Å². The quantitative estimate of drug-likeness (QED) is 0.525. The van der Waals surface area contributed by atoms with E-state index in [0.717, 1.165) is 0 Å². The van der Waals surface area contributed by atoms with Gasteiger partial charge in [-0.2, -0.15) is 0 Å². The van der Waals surface area contributed by atoms with Gasteiger partial charge >= 0.3 is 0 Å². The van der Waals surface area contributed by atoms with Gasteiger partial charge in [-0.05, 0) is 12.5 Å². The maximum Gasteiger partial charge on any atom is 0.00570 e. The van der Waals surface area contributed by atoms with Crippen molar-refractivity contribution in [1.29, 1.82) is 0 Å². The minimum absolute atomic E-state index is 1.25. The highest BCUT2D eigenvalue weighted by Crippen LogP contribution is 2.19. The van der Waals surface area contributed by atoms with E-state index in [1.54, 1.807) is 0 Å². The molecular weight excluding hydrogens is 116 g/mol. The largest absolute Gasteiger partial charge is 0.340 e. The van der Waals surface area contributed by atoms with Crippen molar-refractivity contribution in [3.8, 4) is 0 Å². The summed E-state index contributed by atoms with van der Waals surface area (Å²) in [4.78, 5) is 0. The Labute approximate surface area is 42.7 Å². The van der Waals surface area contributed by atoms with Gasteiger partial charge in [-0.1, -0.05) is 8.65 Å². The van der Waals surface area contributed by atoms with Crippen molar-refractivity contribution in [2.24, 2.45) is 0 Å². The van der Waals surface area contributed by atoms with Gasteiger partial charge in [0.05, 0.1) is 0 Å². The van der Waals surface area contributed by atoms with E-state index >= 15 is 0 Å². The van der Waals surface area contributed by atoms with Gasteiger partial charge in [-0.3, -0.25) is 0 Å². The second kappa shape index (κ2) is 2.00. The van der Waals surface area contributed by atoms with Crippen molar-refractivity contribution < 1.29 is 4.55 Å². The Bertz CT molecular complexity index is 116. The number of rotatable bonds is 0. The molecule has 0 unspecified atom stereocenters. The molecule has 0 spiro atoms. The van der Waals surface area contributed by atoms with Gasteiger partial charge in [0.15, 0.2) is 0 Å². The van der Waals surface area contributed by atoms with Gasteiger partial charge in [0.2, 0.25) is 0 Å². The van der Waals surface area contributed by atoms with Crippen LogP contribution in [0.1, 0.15) is 0 Å². The van der Waals surface area contributed by atoms with Crippen LogP contribution in [0.5, 0.6) is 0 Å². The Morgan fingerprint density at radius 1 is 1.50 bits per heavy atom. The summed E-state index contributed by atoms with van der Waals surface area (Å²) >= 11 is 0. The van der Waals surface area contributed by atoms with Crippen molar-refractivity contribution in [3.63, 3.8) is 0 Å². The summed E-state index contributed by atoms with van der Waals surface area (Å²) in [6, 6.07) is 0. The van der Waals surface area contributed by atoms with Crippen LogP contribution in [0.4, 0.5) is 0 Å².